The molecule has 0 spiro atoms. The maximum atomic E-state index is 5.16. The fraction of sp³-hybridized carbons (Fsp3) is 0.636. The highest BCUT2D eigenvalue weighted by molar-refractivity contribution is 5.27. The molecule has 0 saturated heterocycles. The molecule has 0 unspecified atom stereocenters. The molecule has 0 N–H and O–H groups in total. The predicted molar refractivity (Wildman–Crippen MR) is 53.5 cm³/mol. The van der Waals surface area contributed by atoms with Crippen LogP contribution in [0.2, 0.25) is 0 Å². The zero-order valence-corrected chi connectivity index (χ0v) is 7.77. The molecule has 0 aromatic carbocycles. The molecule has 0 bridgehead atoms. The molecule has 1 heteroatoms. The molecule has 1 aromatic heterocycles. The molecule has 12 heavy (non-hydrogen) atoms. The molecule has 0 amide bonds. The van der Waals surface area contributed by atoms with Crippen LogP contribution in [0.1, 0.15) is 46.2 Å². The lowest BCUT2D eigenvalue weighted by Crippen LogP contribution is -2.11. The van der Waals surface area contributed by atoms with Gasteiger partial charge in [-0.3, -0.25) is 0 Å². The normalized spacial score (nSPS) is 11.0. The lowest BCUT2D eigenvalue weighted by atomic mass is 9.86. The van der Waals surface area contributed by atoms with Crippen LogP contribution in [0.15, 0.2) is 16.9 Å². The van der Waals surface area contributed by atoms with Crippen molar-refractivity contribution in [1.29, 1.82) is 0 Å². The second kappa shape index (κ2) is 3.79. The van der Waals surface area contributed by atoms with E-state index in [0.717, 1.165) is 6.42 Å². The molecule has 0 aliphatic carbocycles. The highest BCUT2D eigenvalue weighted by Gasteiger charge is 2.18. The molecule has 0 radical (unpaired) electrons. The van der Waals surface area contributed by atoms with Gasteiger partial charge in [-0.15, -0.1) is 0 Å². The predicted octanol–water partition coefficient (Wildman–Crippen LogP) is 3.78. The average Bonchev–Trinajstić information content (AvgIpc) is 2.31. The van der Waals surface area contributed by atoms with E-state index in [9.17, 15) is 0 Å². The minimum absolute atomic E-state index is 0. The van der Waals surface area contributed by atoms with Gasteiger partial charge in [0.25, 0.3) is 0 Å². The second-order valence-corrected chi connectivity index (χ2v) is 3.91. The van der Waals surface area contributed by atoms with Crippen LogP contribution in [0.3, 0.4) is 0 Å². The number of aryl methyl sites for hydroxylation is 1. The zero-order valence-electron chi connectivity index (χ0n) is 7.77. The van der Waals surface area contributed by atoms with Crippen LogP contribution < -0.4 is 0 Å². The summed E-state index contributed by atoms with van der Waals surface area (Å²) in [6.45, 7) is 8.77. The third-order valence-corrected chi connectivity index (χ3v) is 1.93. The van der Waals surface area contributed by atoms with Gasteiger partial charge in [0.1, 0.15) is 0 Å². The summed E-state index contributed by atoms with van der Waals surface area (Å²) in [4.78, 5) is 0. The minimum atomic E-state index is 0. The second-order valence-electron chi connectivity index (χ2n) is 3.91. The van der Waals surface area contributed by atoms with E-state index in [0.29, 0.717) is 0 Å². The lowest BCUT2D eigenvalue weighted by Gasteiger charge is -2.17. The SMILES string of the molecule is C.CCc1cocc1C(C)(C)C. The van der Waals surface area contributed by atoms with E-state index in [4.69, 9.17) is 4.42 Å². The molecule has 0 fully saturated rings. The topological polar surface area (TPSA) is 13.1 Å². The van der Waals surface area contributed by atoms with Gasteiger partial charge in [-0.25, -0.2) is 0 Å². The lowest BCUT2D eigenvalue weighted by molar-refractivity contribution is 0.537. The molecule has 1 rings (SSSR count). The summed E-state index contributed by atoms with van der Waals surface area (Å²) in [7, 11) is 0. The summed E-state index contributed by atoms with van der Waals surface area (Å²) >= 11 is 0. The van der Waals surface area contributed by atoms with Gasteiger partial charge in [0.2, 0.25) is 0 Å². The van der Waals surface area contributed by atoms with Crippen LogP contribution >= 0.6 is 0 Å². The first-order valence-electron chi connectivity index (χ1n) is 4.11. The van der Waals surface area contributed by atoms with Crippen LogP contribution in [0.4, 0.5) is 0 Å². The maximum Gasteiger partial charge on any atom is 0.0942 e. The Labute approximate surface area is 75.8 Å². The van der Waals surface area contributed by atoms with Gasteiger partial charge in [-0.2, -0.15) is 0 Å². The molecule has 0 saturated carbocycles. The molecular weight excluding hydrogens is 148 g/mol. The van der Waals surface area contributed by atoms with Gasteiger partial charge in [0, 0.05) is 0 Å². The fourth-order valence-electron chi connectivity index (χ4n) is 1.26. The van der Waals surface area contributed by atoms with Crippen molar-refractivity contribution in [1.82, 2.24) is 0 Å². The largest absolute Gasteiger partial charge is 0.472 e. The van der Waals surface area contributed by atoms with Gasteiger partial charge < -0.3 is 4.42 Å². The van der Waals surface area contributed by atoms with Crippen molar-refractivity contribution >= 4 is 0 Å². The van der Waals surface area contributed by atoms with Crippen LogP contribution in [-0.4, -0.2) is 0 Å². The molecule has 0 aliphatic rings. The van der Waals surface area contributed by atoms with E-state index >= 15 is 0 Å². The minimum Gasteiger partial charge on any atom is -0.472 e. The summed E-state index contributed by atoms with van der Waals surface area (Å²) in [6, 6.07) is 0. The van der Waals surface area contributed by atoms with E-state index in [1.165, 1.54) is 11.1 Å². The Morgan fingerprint density at radius 2 is 1.83 bits per heavy atom. The van der Waals surface area contributed by atoms with Crippen LogP contribution in [-0.2, 0) is 11.8 Å². The maximum absolute atomic E-state index is 5.16. The first kappa shape index (κ1) is 11.3. The highest BCUT2D eigenvalue weighted by atomic mass is 16.3. The van der Waals surface area contributed by atoms with Crippen LogP contribution in [0.5, 0.6) is 0 Å². The van der Waals surface area contributed by atoms with Crippen molar-refractivity contribution in [2.24, 2.45) is 0 Å². The van der Waals surface area contributed by atoms with Gasteiger partial charge in [0.05, 0.1) is 12.5 Å². The number of rotatable bonds is 1. The standard InChI is InChI=1S/C10H16O.CH4/c1-5-8-6-11-7-9(8)10(2,3)4;/h6-7H,5H2,1-4H3;1H4. The Morgan fingerprint density at radius 3 is 2.17 bits per heavy atom. The Bertz CT molecular complexity index is 227. The van der Waals surface area contributed by atoms with Gasteiger partial charge in [0.15, 0.2) is 0 Å². The van der Waals surface area contributed by atoms with Crippen molar-refractivity contribution in [2.45, 2.75) is 47.0 Å². The molecule has 1 nitrogen and oxygen atoms in total. The number of furan rings is 1. The Balaban J connectivity index is 0.00000121. The van der Waals surface area contributed by atoms with Crippen LogP contribution in [0, 0.1) is 0 Å². The van der Waals surface area contributed by atoms with E-state index in [1.807, 2.05) is 12.5 Å². The Morgan fingerprint density at radius 1 is 1.25 bits per heavy atom. The average molecular weight is 168 g/mol. The third-order valence-electron chi connectivity index (χ3n) is 1.93. The van der Waals surface area contributed by atoms with E-state index in [-0.39, 0.29) is 12.8 Å². The van der Waals surface area contributed by atoms with Crippen molar-refractivity contribution in [3.05, 3.63) is 23.7 Å². The molecule has 1 heterocycles. The van der Waals surface area contributed by atoms with Crippen molar-refractivity contribution in [3.8, 4) is 0 Å². The van der Waals surface area contributed by atoms with Crippen molar-refractivity contribution in [2.75, 3.05) is 0 Å². The summed E-state index contributed by atoms with van der Waals surface area (Å²) < 4.78 is 5.16. The van der Waals surface area contributed by atoms with Crippen molar-refractivity contribution in [3.63, 3.8) is 0 Å². The summed E-state index contributed by atoms with van der Waals surface area (Å²) in [5.74, 6) is 0. The molecule has 1 aromatic rings. The summed E-state index contributed by atoms with van der Waals surface area (Å²) in [5.41, 5.74) is 2.88. The molecule has 0 atom stereocenters. The Hall–Kier alpha value is -0.720. The van der Waals surface area contributed by atoms with Gasteiger partial charge in [-0.1, -0.05) is 35.1 Å². The first-order valence-corrected chi connectivity index (χ1v) is 4.11. The van der Waals surface area contributed by atoms with Gasteiger partial charge in [-0.05, 0) is 23.0 Å². The van der Waals surface area contributed by atoms with E-state index < -0.39 is 0 Å². The van der Waals surface area contributed by atoms with Crippen LogP contribution in [0.25, 0.3) is 0 Å². The highest BCUT2D eigenvalue weighted by Crippen LogP contribution is 2.26. The number of hydrogen-bond donors (Lipinski definition) is 0. The van der Waals surface area contributed by atoms with E-state index in [1.54, 1.807) is 0 Å². The molecule has 0 aliphatic heterocycles. The fourth-order valence-corrected chi connectivity index (χ4v) is 1.26. The number of hydrogen-bond acceptors (Lipinski definition) is 1. The summed E-state index contributed by atoms with van der Waals surface area (Å²) in [6.07, 6.45) is 4.77. The zero-order chi connectivity index (χ0) is 8.48. The quantitative estimate of drug-likeness (QED) is 0.622. The molecular formula is C11H20O. The van der Waals surface area contributed by atoms with Crippen molar-refractivity contribution < 1.29 is 4.42 Å². The Kier molecular flexibility index (Phi) is 3.56. The monoisotopic (exact) mass is 168 g/mol. The third kappa shape index (κ3) is 2.13. The van der Waals surface area contributed by atoms with E-state index in [2.05, 4.69) is 27.7 Å². The van der Waals surface area contributed by atoms with Gasteiger partial charge >= 0.3 is 0 Å². The first-order chi connectivity index (χ1) is 5.05. The molecule has 70 valence electrons. The smallest absolute Gasteiger partial charge is 0.0942 e. The summed E-state index contributed by atoms with van der Waals surface area (Å²) in [5, 5.41) is 0.